The zero-order valence-corrected chi connectivity index (χ0v) is 7.68. The first-order valence-corrected chi connectivity index (χ1v) is 3.73. The molecule has 4 heteroatoms. The molecule has 0 saturated heterocycles. The fourth-order valence-corrected chi connectivity index (χ4v) is 0.736. The summed E-state index contributed by atoms with van der Waals surface area (Å²) in [5, 5.41) is 7.92. The number of ketones is 1. The topological polar surface area (TPSA) is 54.4 Å². The number of aliphatic carboxylic acids is 1. The largest absolute Gasteiger partial charge is 0.481 e. The van der Waals surface area contributed by atoms with Crippen LogP contribution in [0.25, 0.3) is 0 Å². The molecule has 1 atom stereocenters. The first-order valence-electron chi connectivity index (χ1n) is 3.22. The lowest BCUT2D eigenvalue weighted by Crippen LogP contribution is -2.37. The highest BCUT2D eigenvalue weighted by Gasteiger charge is 2.37. The molecule has 0 spiro atoms. The zero-order chi connectivity index (χ0) is 9.23. The van der Waals surface area contributed by atoms with Crippen molar-refractivity contribution in [3.63, 3.8) is 0 Å². The minimum Gasteiger partial charge on any atom is -0.481 e. The van der Waals surface area contributed by atoms with Crippen LogP contribution >= 0.6 is 12.6 Å². The van der Waals surface area contributed by atoms with E-state index in [1.165, 1.54) is 20.8 Å². The van der Waals surface area contributed by atoms with E-state index in [1.807, 2.05) is 0 Å². The van der Waals surface area contributed by atoms with Gasteiger partial charge < -0.3 is 5.11 Å². The van der Waals surface area contributed by atoms with Crippen molar-refractivity contribution < 1.29 is 14.7 Å². The van der Waals surface area contributed by atoms with E-state index in [2.05, 4.69) is 12.6 Å². The maximum absolute atomic E-state index is 10.8. The molecule has 0 aromatic heterocycles. The molecule has 1 N–H and O–H groups in total. The number of rotatable bonds is 3. The first kappa shape index (κ1) is 10.5. The summed E-state index contributed by atoms with van der Waals surface area (Å²) in [5.41, 5.74) is -1.09. The number of carboxylic acid groups (broad SMARTS) is 1. The predicted octanol–water partition coefficient (Wildman–Crippen LogP) is 0.985. The van der Waals surface area contributed by atoms with Gasteiger partial charge in [0, 0.05) is 0 Å². The van der Waals surface area contributed by atoms with Crippen LogP contribution in [0.3, 0.4) is 0 Å². The Morgan fingerprint density at radius 1 is 1.45 bits per heavy atom. The Morgan fingerprint density at radius 3 is 1.91 bits per heavy atom. The van der Waals surface area contributed by atoms with E-state index in [4.69, 9.17) is 5.11 Å². The fraction of sp³-hybridized carbons (Fsp3) is 0.714. The molecule has 0 aliphatic rings. The lowest BCUT2D eigenvalue weighted by molar-refractivity contribution is -0.148. The summed E-state index contributed by atoms with van der Waals surface area (Å²) in [6, 6.07) is 0. The number of carbonyl (C=O) groups excluding carboxylic acids is 1. The molecule has 0 radical (unpaired) electrons. The highest BCUT2D eigenvalue weighted by Crippen LogP contribution is 2.25. The van der Waals surface area contributed by atoms with Crippen LogP contribution in [0.4, 0.5) is 0 Å². The zero-order valence-electron chi connectivity index (χ0n) is 6.79. The van der Waals surface area contributed by atoms with Crippen molar-refractivity contribution in [3.05, 3.63) is 0 Å². The van der Waals surface area contributed by atoms with E-state index in [0.29, 0.717) is 0 Å². The molecule has 0 amide bonds. The first-order chi connectivity index (χ1) is 4.80. The van der Waals surface area contributed by atoms with Gasteiger partial charge >= 0.3 is 5.97 Å². The number of hydrogen-bond donors (Lipinski definition) is 2. The molecular formula is C7H12O3S. The van der Waals surface area contributed by atoms with Gasteiger partial charge in [-0.2, -0.15) is 12.6 Å². The van der Waals surface area contributed by atoms with E-state index < -0.39 is 16.6 Å². The van der Waals surface area contributed by atoms with Crippen LogP contribution in [0.15, 0.2) is 0 Å². The molecule has 0 heterocycles. The quantitative estimate of drug-likeness (QED) is 0.630. The third kappa shape index (κ3) is 2.22. The number of Topliss-reactive ketones (excluding diaryl/α,β-unsaturated/α-hetero) is 1. The third-order valence-corrected chi connectivity index (χ3v) is 2.63. The van der Waals surface area contributed by atoms with Gasteiger partial charge in [-0.1, -0.05) is 0 Å². The lowest BCUT2D eigenvalue weighted by atomic mass is 9.87. The molecule has 1 unspecified atom stereocenters. The highest BCUT2D eigenvalue weighted by atomic mass is 32.1. The van der Waals surface area contributed by atoms with E-state index in [9.17, 15) is 9.59 Å². The summed E-state index contributed by atoms with van der Waals surface area (Å²) >= 11 is 3.91. The monoisotopic (exact) mass is 176 g/mol. The van der Waals surface area contributed by atoms with Crippen molar-refractivity contribution >= 4 is 24.4 Å². The summed E-state index contributed by atoms with van der Waals surface area (Å²) in [6.45, 7) is 4.30. The average Bonchev–Trinajstić information content (AvgIpc) is 1.85. The van der Waals surface area contributed by atoms with Gasteiger partial charge in [0.05, 0.1) is 10.7 Å². The maximum atomic E-state index is 10.8. The summed E-state index contributed by atoms with van der Waals surface area (Å²) in [7, 11) is 0. The van der Waals surface area contributed by atoms with Gasteiger partial charge in [0.25, 0.3) is 0 Å². The summed E-state index contributed by atoms with van der Waals surface area (Å²) in [4.78, 5) is 21.3. The molecule has 0 rings (SSSR count). The number of carboxylic acids is 1. The molecule has 0 aromatic carbocycles. The van der Waals surface area contributed by atoms with Crippen LogP contribution in [0.1, 0.15) is 20.8 Å². The Morgan fingerprint density at radius 2 is 1.82 bits per heavy atom. The molecule has 0 aromatic rings. The van der Waals surface area contributed by atoms with E-state index in [-0.39, 0.29) is 5.78 Å². The SMILES string of the molecule is CC(=O)C(S)C(C)(C)C(=O)O. The van der Waals surface area contributed by atoms with Crippen molar-refractivity contribution in [1.29, 1.82) is 0 Å². The Labute approximate surface area is 71.2 Å². The minimum atomic E-state index is -1.09. The van der Waals surface area contributed by atoms with Gasteiger partial charge in [0.1, 0.15) is 5.78 Å². The number of hydrogen-bond acceptors (Lipinski definition) is 3. The second kappa shape index (κ2) is 3.26. The normalized spacial score (nSPS) is 14.2. The van der Waals surface area contributed by atoms with Crippen LogP contribution in [-0.2, 0) is 9.59 Å². The van der Waals surface area contributed by atoms with Crippen molar-refractivity contribution in [1.82, 2.24) is 0 Å². The lowest BCUT2D eigenvalue weighted by Gasteiger charge is -2.23. The van der Waals surface area contributed by atoms with Crippen LogP contribution < -0.4 is 0 Å². The smallest absolute Gasteiger partial charge is 0.310 e. The van der Waals surface area contributed by atoms with Gasteiger partial charge in [-0.05, 0) is 20.8 Å². The minimum absolute atomic E-state index is 0.222. The number of carbonyl (C=O) groups is 2. The maximum Gasteiger partial charge on any atom is 0.310 e. The molecule has 64 valence electrons. The van der Waals surface area contributed by atoms with E-state index in [0.717, 1.165) is 0 Å². The molecule has 3 nitrogen and oxygen atoms in total. The molecule has 0 aliphatic carbocycles. The van der Waals surface area contributed by atoms with Gasteiger partial charge in [-0.3, -0.25) is 9.59 Å². The number of thiol groups is 1. The second-order valence-electron chi connectivity index (χ2n) is 3.04. The van der Waals surface area contributed by atoms with Crippen LogP contribution in [0, 0.1) is 5.41 Å². The van der Waals surface area contributed by atoms with Gasteiger partial charge in [0.15, 0.2) is 0 Å². The molecule has 0 fully saturated rings. The third-order valence-electron chi connectivity index (χ3n) is 1.62. The van der Waals surface area contributed by atoms with Gasteiger partial charge in [-0.15, -0.1) is 0 Å². The van der Waals surface area contributed by atoms with Crippen molar-refractivity contribution in [2.45, 2.75) is 26.0 Å². The second-order valence-corrected chi connectivity index (χ2v) is 3.56. The molecule has 0 saturated carbocycles. The van der Waals surface area contributed by atoms with Crippen LogP contribution in [-0.4, -0.2) is 22.1 Å². The van der Waals surface area contributed by atoms with Gasteiger partial charge in [-0.25, -0.2) is 0 Å². The molecule has 0 aliphatic heterocycles. The standard InChI is InChI=1S/C7H12O3S/c1-4(8)5(11)7(2,3)6(9)10/h5,11H,1-3H3,(H,9,10). The summed E-state index contributed by atoms with van der Waals surface area (Å²) in [5.74, 6) is -1.23. The van der Waals surface area contributed by atoms with Crippen molar-refractivity contribution in [2.24, 2.45) is 5.41 Å². The summed E-state index contributed by atoms with van der Waals surface area (Å²) < 4.78 is 0. The Kier molecular flexibility index (Phi) is 3.11. The molecule has 11 heavy (non-hydrogen) atoms. The Balaban J connectivity index is 4.55. The van der Waals surface area contributed by atoms with E-state index >= 15 is 0 Å². The Hall–Kier alpha value is -0.510. The van der Waals surface area contributed by atoms with Crippen LogP contribution in [0.5, 0.6) is 0 Å². The van der Waals surface area contributed by atoms with Crippen molar-refractivity contribution in [3.8, 4) is 0 Å². The van der Waals surface area contributed by atoms with Crippen LogP contribution in [0.2, 0.25) is 0 Å². The van der Waals surface area contributed by atoms with Gasteiger partial charge in [0.2, 0.25) is 0 Å². The van der Waals surface area contributed by atoms with Crippen molar-refractivity contribution in [2.75, 3.05) is 0 Å². The predicted molar refractivity (Wildman–Crippen MR) is 44.9 cm³/mol. The molecular weight excluding hydrogens is 164 g/mol. The Bertz CT molecular complexity index is 186. The fourth-order valence-electron chi connectivity index (χ4n) is 0.625. The molecule has 0 bridgehead atoms. The average molecular weight is 176 g/mol. The van der Waals surface area contributed by atoms with E-state index in [1.54, 1.807) is 0 Å². The highest BCUT2D eigenvalue weighted by molar-refractivity contribution is 7.81. The summed E-state index contributed by atoms with van der Waals surface area (Å²) in [6.07, 6.45) is 0.